The van der Waals surface area contributed by atoms with E-state index < -0.39 is 0 Å². The molecule has 152 valence electrons. The van der Waals surface area contributed by atoms with E-state index in [9.17, 15) is 4.79 Å². The lowest BCUT2D eigenvalue weighted by Gasteiger charge is -2.06. The SMILES string of the molecule is Cc1ccc(-c2csc(-n3nc(C)c(CC(=O)Nc4ccc(Cl)cc4)c3C)n2)cc1. The topological polar surface area (TPSA) is 59.8 Å². The number of benzene rings is 2. The van der Waals surface area contributed by atoms with Gasteiger partial charge in [0.25, 0.3) is 0 Å². The van der Waals surface area contributed by atoms with Crippen molar-refractivity contribution in [2.24, 2.45) is 0 Å². The highest BCUT2D eigenvalue weighted by atomic mass is 35.5. The van der Waals surface area contributed by atoms with E-state index in [1.165, 1.54) is 16.9 Å². The van der Waals surface area contributed by atoms with Crippen molar-refractivity contribution in [3.8, 4) is 16.4 Å². The number of anilines is 1. The zero-order valence-corrected chi connectivity index (χ0v) is 18.5. The van der Waals surface area contributed by atoms with E-state index in [1.54, 1.807) is 24.3 Å². The summed E-state index contributed by atoms with van der Waals surface area (Å²) in [5.41, 5.74) is 6.59. The van der Waals surface area contributed by atoms with E-state index in [-0.39, 0.29) is 12.3 Å². The van der Waals surface area contributed by atoms with Crippen LogP contribution in [-0.2, 0) is 11.2 Å². The first-order valence-electron chi connectivity index (χ1n) is 9.54. The van der Waals surface area contributed by atoms with Gasteiger partial charge in [-0.2, -0.15) is 5.10 Å². The second kappa shape index (κ2) is 8.42. The van der Waals surface area contributed by atoms with E-state index in [2.05, 4.69) is 41.6 Å². The number of hydrogen-bond acceptors (Lipinski definition) is 4. The zero-order chi connectivity index (χ0) is 21.3. The van der Waals surface area contributed by atoms with Gasteiger partial charge in [0.1, 0.15) is 0 Å². The summed E-state index contributed by atoms with van der Waals surface area (Å²) in [6, 6.07) is 15.4. The predicted octanol–water partition coefficient (Wildman–Crippen LogP) is 5.76. The van der Waals surface area contributed by atoms with Crippen molar-refractivity contribution < 1.29 is 4.79 Å². The van der Waals surface area contributed by atoms with Crippen LogP contribution >= 0.6 is 22.9 Å². The molecule has 1 N–H and O–H groups in total. The molecule has 0 aliphatic heterocycles. The van der Waals surface area contributed by atoms with Crippen LogP contribution in [-0.4, -0.2) is 20.7 Å². The quantitative estimate of drug-likeness (QED) is 0.433. The van der Waals surface area contributed by atoms with Crippen molar-refractivity contribution in [3.63, 3.8) is 0 Å². The average Bonchev–Trinajstić information content (AvgIpc) is 3.31. The first kappa shape index (κ1) is 20.3. The summed E-state index contributed by atoms with van der Waals surface area (Å²) >= 11 is 7.44. The third-order valence-corrected chi connectivity index (χ3v) is 6.00. The lowest BCUT2D eigenvalue weighted by Crippen LogP contribution is -2.15. The fourth-order valence-electron chi connectivity index (χ4n) is 3.23. The molecule has 4 rings (SSSR count). The van der Waals surface area contributed by atoms with E-state index >= 15 is 0 Å². The number of thiazole rings is 1. The molecule has 0 atom stereocenters. The summed E-state index contributed by atoms with van der Waals surface area (Å²) in [6.07, 6.45) is 0.247. The number of nitrogens with one attached hydrogen (secondary N) is 1. The van der Waals surface area contributed by atoms with Crippen molar-refractivity contribution in [2.45, 2.75) is 27.2 Å². The summed E-state index contributed by atoms with van der Waals surface area (Å²) in [5.74, 6) is -0.0949. The summed E-state index contributed by atoms with van der Waals surface area (Å²) < 4.78 is 1.82. The highest BCUT2D eigenvalue weighted by molar-refractivity contribution is 7.12. The van der Waals surface area contributed by atoms with E-state index in [0.29, 0.717) is 5.02 Å². The van der Waals surface area contributed by atoms with Crippen molar-refractivity contribution in [1.29, 1.82) is 0 Å². The molecule has 2 aromatic heterocycles. The van der Waals surface area contributed by atoms with Crippen molar-refractivity contribution in [3.05, 3.63) is 81.4 Å². The Morgan fingerprint density at radius 3 is 2.47 bits per heavy atom. The Balaban J connectivity index is 1.54. The molecule has 30 heavy (non-hydrogen) atoms. The molecule has 0 aliphatic rings. The summed E-state index contributed by atoms with van der Waals surface area (Å²) in [6.45, 7) is 5.96. The number of aryl methyl sites for hydroxylation is 2. The maximum atomic E-state index is 12.5. The summed E-state index contributed by atoms with van der Waals surface area (Å²) in [7, 11) is 0. The van der Waals surface area contributed by atoms with Gasteiger partial charge in [-0.15, -0.1) is 11.3 Å². The summed E-state index contributed by atoms with van der Waals surface area (Å²) in [4.78, 5) is 17.3. The largest absolute Gasteiger partial charge is 0.326 e. The molecule has 4 aromatic rings. The third-order valence-electron chi connectivity index (χ3n) is 4.93. The first-order valence-corrected chi connectivity index (χ1v) is 10.8. The Labute approximate surface area is 184 Å². The molecule has 7 heteroatoms. The van der Waals surface area contributed by atoms with Crippen LogP contribution in [0.2, 0.25) is 5.02 Å². The van der Waals surface area contributed by atoms with Crippen LogP contribution in [0, 0.1) is 20.8 Å². The molecule has 0 spiro atoms. The lowest BCUT2D eigenvalue weighted by atomic mass is 10.1. The number of rotatable bonds is 5. The number of nitrogens with zero attached hydrogens (tertiary/aromatic N) is 3. The summed E-state index contributed by atoms with van der Waals surface area (Å²) in [5, 5.41) is 11.0. The number of aromatic nitrogens is 3. The van der Waals surface area contributed by atoms with Gasteiger partial charge in [0.15, 0.2) is 0 Å². The van der Waals surface area contributed by atoms with Gasteiger partial charge in [-0.25, -0.2) is 9.67 Å². The standard InChI is InChI=1S/C23H21ClN4OS/c1-14-4-6-17(7-5-14)21-13-30-23(26-21)28-16(3)20(15(2)27-28)12-22(29)25-19-10-8-18(24)9-11-19/h4-11,13H,12H2,1-3H3,(H,25,29). The Morgan fingerprint density at radius 2 is 1.77 bits per heavy atom. The number of hydrogen-bond donors (Lipinski definition) is 1. The Hall–Kier alpha value is -2.96. The number of amides is 1. The zero-order valence-electron chi connectivity index (χ0n) is 16.9. The molecule has 0 fully saturated rings. The van der Waals surface area contributed by atoms with Crippen LogP contribution in [0.25, 0.3) is 16.4 Å². The molecular formula is C23H21ClN4OS. The van der Waals surface area contributed by atoms with Gasteiger partial charge in [-0.3, -0.25) is 4.79 Å². The third kappa shape index (κ3) is 4.30. The van der Waals surface area contributed by atoms with E-state index in [4.69, 9.17) is 16.6 Å². The molecule has 0 unspecified atom stereocenters. The van der Waals surface area contributed by atoms with Crippen LogP contribution in [0.1, 0.15) is 22.5 Å². The van der Waals surface area contributed by atoms with Gasteiger partial charge >= 0.3 is 0 Å². The molecule has 2 heterocycles. The maximum Gasteiger partial charge on any atom is 0.228 e. The molecule has 0 bridgehead atoms. The molecule has 2 aromatic carbocycles. The number of carbonyl (C=O) groups excluding carboxylic acids is 1. The molecule has 1 amide bonds. The van der Waals surface area contributed by atoms with Crippen LogP contribution in [0.4, 0.5) is 5.69 Å². The van der Waals surface area contributed by atoms with Gasteiger partial charge in [0.2, 0.25) is 11.0 Å². The maximum absolute atomic E-state index is 12.5. The fourth-order valence-corrected chi connectivity index (χ4v) is 4.19. The van der Waals surface area contributed by atoms with Gasteiger partial charge in [-0.1, -0.05) is 41.4 Å². The molecular weight excluding hydrogens is 416 g/mol. The van der Waals surface area contributed by atoms with Crippen LogP contribution < -0.4 is 5.32 Å². The Morgan fingerprint density at radius 1 is 1.07 bits per heavy atom. The first-order chi connectivity index (χ1) is 14.4. The van der Waals surface area contributed by atoms with Gasteiger partial charge in [-0.05, 0) is 45.0 Å². The monoisotopic (exact) mass is 436 g/mol. The van der Waals surface area contributed by atoms with Gasteiger partial charge in [0.05, 0.1) is 17.8 Å². The van der Waals surface area contributed by atoms with Crippen LogP contribution in [0.5, 0.6) is 0 Å². The molecule has 5 nitrogen and oxygen atoms in total. The number of carbonyl (C=O) groups is 1. The van der Waals surface area contributed by atoms with Crippen LogP contribution in [0.15, 0.2) is 53.9 Å². The van der Waals surface area contributed by atoms with Gasteiger partial charge < -0.3 is 5.32 Å². The van der Waals surface area contributed by atoms with Crippen molar-refractivity contribution in [1.82, 2.24) is 14.8 Å². The Kier molecular flexibility index (Phi) is 5.70. The second-order valence-corrected chi connectivity index (χ2v) is 8.45. The average molecular weight is 437 g/mol. The molecule has 0 saturated carbocycles. The van der Waals surface area contributed by atoms with E-state index in [0.717, 1.165) is 39.0 Å². The highest BCUT2D eigenvalue weighted by Crippen LogP contribution is 2.26. The minimum Gasteiger partial charge on any atom is -0.326 e. The normalized spacial score (nSPS) is 10.9. The number of halogens is 1. The van der Waals surface area contributed by atoms with Crippen LogP contribution in [0.3, 0.4) is 0 Å². The highest BCUT2D eigenvalue weighted by Gasteiger charge is 2.18. The smallest absolute Gasteiger partial charge is 0.228 e. The van der Waals surface area contributed by atoms with E-state index in [1.807, 2.05) is 23.9 Å². The van der Waals surface area contributed by atoms with Crippen molar-refractivity contribution >= 4 is 34.5 Å². The lowest BCUT2D eigenvalue weighted by molar-refractivity contribution is -0.115. The minimum atomic E-state index is -0.0949. The van der Waals surface area contributed by atoms with Gasteiger partial charge in [0, 0.05) is 32.9 Å². The molecule has 0 aliphatic carbocycles. The fraction of sp³-hybridized carbons (Fsp3) is 0.174. The second-order valence-electron chi connectivity index (χ2n) is 7.17. The van der Waals surface area contributed by atoms with Crippen molar-refractivity contribution in [2.75, 3.05) is 5.32 Å². The molecule has 0 saturated heterocycles. The predicted molar refractivity (Wildman–Crippen MR) is 123 cm³/mol. The minimum absolute atomic E-state index is 0.0949. The molecule has 0 radical (unpaired) electrons. The Bertz CT molecular complexity index is 1190.